The molecule has 0 radical (unpaired) electrons. The van der Waals surface area contributed by atoms with Crippen molar-refractivity contribution in [2.75, 3.05) is 19.3 Å². The molecule has 102 valence electrons. The summed E-state index contributed by atoms with van der Waals surface area (Å²) in [5.41, 5.74) is 5.90. The summed E-state index contributed by atoms with van der Waals surface area (Å²) >= 11 is 5.76. The van der Waals surface area contributed by atoms with Gasteiger partial charge in [0.05, 0.1) is 5.69 Å². The van der Waals surface area contributed by atoms with Gasteiger partial charge in [-0.15, -0.1) is 0 Å². The highest BCUT2D eigenvalue weighted by Crippen LogP contribution is 2.25. The summed E-state index contributed by atoms with van der Waals surface area (Å²) < 4.78 is 26.0. The first kappa shape index (κ1) is 15.3. The molecule has 0 aromatic heterocycles. The van der Waals surface area contributed by atoms with Gasteiger partial charge in [0.15, 0.2) is 0 Å². The van der Waals surface area contributed by atoms with Crippen LogP contribution < -0.4 is 5.73 Å². The van der Waals surface area contributed by atoms with Gasteiger partial charge in [-0.1, -0.05) is 31.9 Å². The quantitative estimate of drug-likeness (QED) is 0.848. The lowest BCUT2D eigenvalue weighted by molar-refractivity contribution is 0.394. The van der Waals surface area contributed by atoms with Crippen molar-refractivity contribution in [3.8, 4) is 0 Å². The Morgan fingerprint density at radius 1 is 1.44 bits per heavy atom. The van der Waals surface area contributed by atoms with Crippen LogP contribution in [0.3, 0.4) is 0 Å². The molecule has 0 fully saturated rings. The maximum atomic E-state index is 12.3. The number of hydrogen-bond acceptors (Lipinski definition) is 3. The topological polar surface area (TPSA) is 63.4 Å². The molecular formula is C12H19ClN2O2S. The summed E-state index contributed by atoms with van der Waals surface area (Å²) in [6.45, 7) is 4.51. The van der Waals surface area contributed by atoms with Gasteiger partial charge in [0.2, 0.25) is 10.0 Å². The molecule has 1 atom stereocenters. The zero-order chi connectivity index (χ0) is 13.9. The number of halogens is 1. The van der Waals surface area contributed by atoms with E-state index < -0.39 is 10.0 Å². The van der Waals surface area contributed by atoms with Gasteiger partial charge in [-0.3, -0.25) is 0 Å². The van der Waals surface area contributed by atoms with Crippen molar-refractivity contribution in [1.29, 1.82) is 0 Å². The maximum absolute atomic E-state index is 12.3. The van der Waals surface area contributed by atoms with Crippen molar-refractivity contribution in [3.05, 3.63) is 23.2 Å². The highest BCUT2D eigenvalue weighted by Gasteiger charge is 2.24. The fraction of sp³-hybridized carbons (Fsp3) is 0.500. The molecule has 0 aliphatic heterocycles. The third-order valence-electron chi connectivity index (χ3n) is 2.93. The minimum Gasteiger partial charge on any atom is -0.398 e. The van der Waals surface area contributed by atoms with E-state index in [-0.39, 0.29) is 10.6 Å². The number of anilines is 1. The Kier molecular flexibility index (Phi) is 5.01. The molecule has 0 aliphatic rings. The maximum Gasteiger partial charge on any atom is 0.244 e. The van der Waals surface area contributed by atoms with Gasteiger partial charge in [-0.25, -0.2) is 12.7 Å². The van der Waals surface area contributed by atoms with Gasteiger partial charge in [0.25, 0.3) is 0 Å². The van der Waals surface area contributed by atoms with E-state index in [9.17, 15) is 8.42 Å². The Morgan fingerprint density at radius 2 is 2.06 bits per heavy atom. The lowest BCUT2D eigenvalue weighted by Gasteiger charge is -2.21. The zero-order valence-corrected chi connectivity index (χ0v) is 12.4. The Balaban J connectivity index is 3.06. The number of benzene rings is 1. The summed E-state index contributed by atoms with van der Waals surface area (Å²) in [4.78, 5) is 0.109. The second kappa shape index (κ2) is 5.91. The number of nitrogens with zero attached hydrogens (tertiary/aromatic N) is 1. The van der Waals surface area contributed by atoms with E-state index in [0.717, 1.165) is 6.42 Å². The van der Waals surface area contributed by atoms with Gasteiger partial charge in [-0.2, -0.15) is 0 Å². The fourth-order valence-electron chi connectivity index (χ4n) is 1.59. The van der Waals surface area contributed by atoms with Crippen LogP contribution in [0.1, 0.15) is 20.3 Å². The molecule has 0 aliphatic carbocycles. The molecule has 0 saturated heterocycles. The molecule has 1 rings (SSSR count). The first-order chi connectivity index (χ1) is 8.28. The van der Waals surface area contributed by atoms with Crippen LogP contribution >= 0.6 is 11.6 Å². The van der Waals surface area contributed by atoms with E-state index in [1.54, 1.807) is 7.05 Å². The number of hydrogen-bond donors (Lipinski definition) is 1. The molecule has 6 heteroatoms. The first-order valence-electron chi connectivity index (χ1n) is 5.80. The molecule has 1 unspecified atom stereocenters. The Labute approximate surface area is 114 Å². The summed E-state index contributed by atoms with van der Waals surface area (Å²) in [5, 5.41) is 0.427. The van der Waals surface area contributed by atoms with Crippen molar-refractivity contribution < 1.29 is 8.42 Å². The SMILES string of the molecule is CCC(C)CN(C)S(=O)(=O)c1ccc(Cl)cc1N. The Bertz CT molecular complexity index is 517. The number of nitrogen functional groups attached to an aromatic ring is 1. The molecule has 0 spiro atoms. The van der Waals surface area contributed by atoms with E-state index in [2.05, 4.69) is 0 Å². The monoisotopic (exact) mass is 290 g/mol. The molecule has 0 amide bonds. The summed E-state index contributed by atoms with van der Waals surface area (Å²) in [6, 6.07) is 4.42. The van der Waals surface area contributed by atoms with Crippen LogP contribution in [0.2, 0.25) is 5.02 Å². The lowest BCUT2D eigenvalue weighted by atomic mass is 10.1. The van der Waals surface area contributed by atoms with Crippen molar-refractivity contribution >= 4 is 27.3 Å². The normalized spacial score (nSPS) is 13.8. The molecule has 0 saturated carbocycles. The number of rotatable bonds is 5. The molecule has 0 bridgehead atoms. The zero-order valence-electron chi connectivity index (χ0n) is 10.9. The van der Waals surface area contributed by atoms with Gasteiger partial charge >= 0.3 is 0 Å². The van der Waals surface area contributed by atoms with Crippen molar-refractivity contribution in [2.45, 2.75) is 25.2 Å². The first-order valence-corrected chi connectivity index (χ1v) is 7.62. The van der Waals surface area contributed by atoms with Crippen LogP contribution in [0.4, 0.5) is 5.69 Å². The van der Waals surface area contributed by atoms with Crippen molar-refractivity contribution in [3.63, 3.8) is 0 Å². The molecule has 0 heterocycles. The largest absolute Gasteiger partial charge is 0.398 e. The van der Waals surface area contributed by atoms with Crippen LogP contribution in [0.5, 0.6) is 0 Å². The standard InChI is InChI=1S/C12H19ClN2O2S/c1-4-9(2)8-15(3)18(16,17)12-6-5-10(13)7-11(12)14/h5-7,9H,4,8,14H2,1-3H3. The molecular weight excluding hydrogens is 272 g/mol. The van der Waals surface area contributed by atoms with Crippen LogP contribution in [0, 0.1) is 5.92 Å². The average molecular weight is 291 g/mol. The second-order valence-electron chi connectivity index (χ2n) is 4.48. The highest BCUT2D eigenvalue weighted by atomic mass is 35.5. The van der Waals surface area contributed by atoms with Crippen LogP contribution in [0.15, 0.2) is 23.1 Å². The summed E-state index contributed by atoms with van der Waals surface area (Å²) in [7, 11) is -1.98. The van der Waals surface area contributed by atoms with Crippen LogP contribution in [-0.2, 0) is 10.0 Å². The highest BCUT2D eigenvalue weighted by molar-refractivity contribution is 7.89. The number of sulfonamides is 1. The van der Waals surface area contributed by atoms with Gasteiger partial charge in [-0.05, 0) is 24.1 Å². The van der Waals surface area contributed by atoms with E-state index in [1.807, 2.05) is 13.8 Å². The minimum absolute atomic E-state index is 0.109. The minimum atomic E-state index is -3.54. The molecule has 1 aromatic carbocycles. The average Bonchev–Trinajstić information content (AvgIpc) is 2.28. The van der Waals surface area contributed by atoms with Gasteiger partial charge in [0.1, 0.15) is 4.90 Å². The predicted octanol–water partition coefficient (Wildman–Crippen LogP) is 2.59. The van der Waals surface area contributed by atoms with E-state index in [1.165, 1.54) is 22.5 Å². The molecule has 1 aromatic rings. The third kappa shape index (κ3) is 3.37. The summed E-state index contributed by atoms with van der Waals surface area (Å²) in [5.74, 6) is 0.304. The predicted molar refractivity (Wildman–Crippen MR) is 75.1 cm³/mol. The summed E-state index contributed by atoms with van der Waals surface area (Å²) in [6.07, 6.45) is 0.927. The molecule has 4 nitrogen and oxygen atoms in total. The lowest BCUT2D eigenvalue weighted by Crippen LogP contribution is -2.31. The second-order valence-corrected chi connectivity index (χ2v) is 6.93. The van der Waals surface area contributed by atoms with Crippen molar-refractivity contribution in [2.24, 2.45) is 5.92 Å². The van der Waals surface area contributed by atoms with E-state index in [0.29, 0.717) is 17.5 Å². The molecule has 2 N–H and O–H groups in total. The van der Waals surface area contributed by atoms with E-state index in [4.69, 9.17) is 17.3 Å². The van der Waals surface area contributed by atoms with Crippen LogP contribution in [-0.4, -0.2) is 26.3 Å². The molecule has 18 heavy (non-hydrogen) atoms. The fourth-order valence-corrected chi connectivity index (χ4v) is 3.15. The van der Waals surface area contributed by atoms with Crippen LogP contribution in [0.25, 0.3) is 0 Å². The Hall–Kier alpha value is -0.780. The smallest absolute Gasteiger partial charge is 0.244 e. The van der Waals surface area contributed by atoms with Crippen molar-refractivity contribution in [1.82, 2.24) is 4.31 Å². The Morgan fingerprint density at radius 3 is 2.56 bits per heavy atom. The third-order valence-corrected chi connectivity index (χ3v) is 5.06. The number of nitrogens with two attached hydrogens (primary N) is 1. The van der Waals surface area contributed by atoms with Gasteiger partial charge in [0, 0.05) is 18.6 Å². The van der Waals surface area contributed by atoms with E-state index >= 15 is 0 Å². The van der Waals surface area contributed by atoms with Gasteiger partial charge < -0.3 is 5.73 Å².